The summed E-state index contributed by atoms with van der Waals surface area (Å²) < 4.78 is 5.41. The highest BCUT2D eigenvalue weighted by atomic mass is 32.1. The zero-order chi connectivity index (χ0) is 22.9. The van der Waals surface area contributed by atoms with E-state index in [1.54, 1.807) is 0 Å². The van der Waals surface area contributed by atoms with Gasteiger partial charge >= 0.3 is 0 Å². The second-order valence-corrected chi connectivity index (χ2v) is 8.37. The summed E-state index contributed by atoms with van der Waals surface area (Å²) in [6.45, 7) is 13.3. The molecule has 1 aromatic heterocycles. The first-order valence-electron chi connectivity index (χ1n) is 11.0. The van der Waals surface area contributed by atoms with Crippen molar-refractivity contribution in [2.45, 2.75) is 34.1 Å². The van der Waals surface area contributed by atoms with Crippen LogP contribution in [0.4, 0.5) is 11.6 Å². The van der Waals surface area contributed by atoms with Crippen LogP contribution in [0.3, 0.4) is 0 Å². The van der Waals surface area contributed by atoms with Gasteiger partial charge in [-0.1, -0.05) is 12.1 Å². The van der Waals surface area contributed by atoms with Crippen LogP contribution < -0.4 is 16.0 Å². The Balaban J connectivity index is 1.65. The van der Waals surface area contributed by atoms with Crippen LogP contribution in [0.5, 0.6) is 0 Å². The minimum absolute atomic E-state index is 0.461. The number of thiocarbonyl (C=S) groups is 1. The molecule has 2 aromatic rings. The molecule has 0 unspecified atom stereocenters. The molecule has 1 aliphatic rings. The molecule has 172 valence electrons. The third-order valence-electron chi connectivity index (χ3n) is 5.30. The maximum absolute atomic E-state index is 5.56. The summed E-state index contributed by atoms with van der Waals surface area (Å²) in [6.07, 6.45) is 0.942. The van der Waals surface area contributed by atoms with Gasteiger partial charge in [-0.3, -0.25) is 15.2 Å². The maximum Gasteiger partial charge on any atom is 0.229 e. The standard InChI is InChI=1S/C23H33N7OS/c1-16-7-5-8-20(19(16)4)27-23(32)29-21(28-22-25-17(2)15-18(3)26-22)24-9-6-10-30-11-13-31-14-12-30/h5,7-8,15H,6,9-14H2,1-4H3,(H3,24,25,26,27,28,29,32). The highest BCUT2D eigenvalue weighted by Crippen LogP contribution is 2.17. The summed E-state index contributed by atoms with van der Waals surface area (Å²) >= 11 is 5.56. The monoisotopic (exact) mass is 455 g/mol. The summed E-state index contributed by atoms with van der Waals surface area (Å²) in [4.78, 5) is 16.0. The van der Waals surface area contributed by atoms with Crippen molar-refractivity contribution in [3.63, 3.8) is 0 Å². The van der Waals surface area contributed by atoms with E-state index in [1.807, 2.05) is 32.0 Å². The van der Waals surface area contributed by atoms with Gasteiger partial charge in [-0.05, 0) is 69.6 Å². The maximum atomic E-state index is 5.56. The minimum atomic E-state index is 0.461. The Hall–Kier alpha value is -2.62. The number of hydrogen-bond donors (Lipinski definition) is 3. The van der Waals surface area contributed by atoms with Crippen molar-refractivity contribution in [1.82, 2.24) is 20.2 Å². The average molecular weight is 456 g/mol. The Bertz CT molecular complexity index is 937. The lowest BCUT2D eigenvalue weighted by molar-refractivity contribution is 0.0377. The molecule has 0 radical (unpaired) electrons. The SMILES string of the molecule is Cc1cc(C)nc(NC(=NCCCN2CCOCC2)NC(=S)Nc2cccc(C)c2C)n1. The first kappa shape index (κ1) is 24.0. The van der Waals surface area contributed by atoms with Gasteiger partial charge in [-0.15, -0.1) is 0 Å². The van der Waals surface area contributed by atoms with Gasteiger partial charge in [-0.2, -0.15) is 0 Å². The fourth-order valence-electron chi connectivity index (χ4n) is 3.46. The van der Waals surface area contributed by atoms with Gasteiger partial charge in [0.2, 0.25) is 11.9 Å². The number of ether oxygens (including phenoxy) is 1. The first-order valence-corrected chi connectivity index (χ1v) is 11.4. The van der Waals surface area contributed by atoms with Crippen molar-refractivity contribution in [3.05, 3.63) is 46.8 Å². The number of morpholine rings is 1. The normalized spacial score (nSPS) is 14.8. The van der Waals surface area contributed by atoms with Crippen molar-refractivity contribution in [2.24, 2.45) is 4.99 Å². The molecule has 1 aromatic carbocycles. The molecule has 9 heteroatoms. The number of guanidine groups is 1. The fourth-order valence-corrected chi connectivity index (χ4v) is 3.66. The topological polar surface area (TPSA) is 86.7 Å². The highest BCUT2D eigenvalue weighted by molar-refractivity contribution is 7.80. The van der Waals surface area contributed by atoms with E-state index in [1.165, 1.54) is 5.56 Å². The van der Waals surface area contributed by atoms with Gasteiger partial charge < -0.3 is 15.4 Å². The van der Waals surface area contributed by atoms with Crippen LogP contribution in [0.1, 0.15) is 28.9 Å². The second-order valence-electron chi connectivity index (χ2n) is 7.96. The van der Waals surface area contributed by atoms with Crippen molar-refractivity contribution in [3.8, 4) is 0 Å². The Morgan fingerprint density at radius 1 is 1.09 bits per heavy atom. The summed E-state index contributed by atoms with van der Waals surface area (Å²) in [7, 11) is 0. The number of nitrogens with one attached hydrogen (secondary N) is 3. The summed E-state index contributed by atoms with van der Waals surface area (Å²) in [5.41, 5.74) is 5.12. The molecule has 0 amide bonds. The minimum Gasteiger partial charge on any atom is -0.379 e. The van der Waals surface area contributed by atoms with Gasteiger partial charge in [0.15, 0.2) is 5.11 Å². The molecular formula is C23H33N7OS. The molecule has 1 aliphatic heterocycles. The van der Waals surface area contributed by atoms with E-state index < -0.39 is 0 Å². The Kier molecular flexibility index (Phi) is 8.90. The van der Waals surface area contributed by atoms with E-state index in [-0.39, 0.29) is 0 Å². The Morgan fingerprint density at radius 3 is 2.53 bits per heavy atom. The molecule has 3 rings (SSSR count). The zero-order valence-corrected chi connectivity index (χ0v) is 20.2. The molecule has 0 aliphatic carbocycles. The molecule has 3 N–H and O–H groups in total. The number of aliphatic imine (C=N–C) groups is 1. The molecule has 0 saturated carbocycles. The number of anilines is 2. The number of aromatic nitrogens is 2. The van der Waals surface area contributed by atoms with E-state index in [9.17, 15) is 0 Å². The van der Waals surface area contributed by atoms with E-state index in [0.29, 0.717) is 23.6 Å². The molecular weight excluding hydrogens is 422 g/mol. The van der Waals surface area contributed by atoms with Gasteiger partial charge in [-0.25, -0.2) is 9.97 Å². The van der Waals surface area contributed by atoms with Crippen LogP contribution >= 0.6 is 12.2 Å². The van der Waals surface area contributed by atoms with Gasteiger partial charge in [0.1, 0.15) is 0 Å². The van der Waals surface area contributed by atoms with E-state index in [4.69, 9.17) is 21.9 Å². The smallest absolute Gasteiger partial charge is 0.229 e. The Labute approximate surface area is 195 Å². The van der Waals surface area contributed by atoms with Crippen LogP contribution in [0.2, 0.25) is 0 Å². The van der Waals surface area contributed by atoms with Crippen molar-refractivity contribution in [1.29, 1.82) is 0 Å². The Morgan fingerprint density at radius 2 is 1.81 bits per heavy atom. The number of rotatable bonds is 6. The molecule has 0 atom stereocenters. The highest BCUT2D eigenvalue weighted by Gasteiger charge is 2.11. The lowest BCUT2D eigenvalue weighted by Crippen LogP contribution is -2.40. The number of hydrogen-bond acceptors (Lipinski definition) is 6. The predicted octanol–water partition coefficient (Wildman–Crippen LogP) is 3.19. The van der Waals surface area contributed by atoms with E-state index >= 15 is 0 Å². The van der Waals surface area contributed by atoms with Crippen molar-refractivity contribution < 1.29 is 4.74 Å². The summed E-state index contributed by atoms with van der Waals surface area (Å²) in [5.74, 6) is 1.02. The quantitative estimate of drug-likeness (QED) is 0.265. The largest absolute Gasteiger partial charge is 0.379 e. The number of benzene rings is 1. The summed E-state index contributed by atoms with van der Waals surface area (Å²) in [5, 5.41) is 10.1. The van der Waals surface area contributed by atoms with Gasteiger partial charge in [0, 0.05) is 43.3 Å². The van der Waals surface area contributed by atoms with Crippen LogP contribution in [-0.4, -0.2) is 65.3 Å². The van der Waals surface area contributed by atoms with Crippen LogP contribution in [-0.2, 0) is 4.74 Å². The second kappa shape index (κ2) is 11.8. The van der Waals surface area contributed by atoms with Gasteiger partial charge in [0.05, 0.1) is 13.2 Å². The van der Waals surface area contributed by atoms with Crippen molar-refractivity contribution >= 4 is 34.9 Å². The molecule has 1 saturated heterocycles. The number of aryl methyl sites for hydroxylation is 3. The van der Waals surface area contributed by atoms with Gasteiger partial charge in [0.25, 0.3) is 0 Å². The third kappa shape index (κ3) is 7.51. The van der Waals surface area contributed by atoms with E-state index in [2.05, 4.69) is 50.7 Å². The fraction of sp³-hybridized carbons (Fsp3) is 0.478. The third-order valence-corrected chi connectivity index (χ3v) is 5.51. The molecule has 0 bridgehead atoms. The predicted molar refractivity (Wildman–Crippen MR) is 135 cm³/mol. The lowest BCUT2D eigenvalue weighted by Gasteiger charge is -2.26. The van der Waals surface area contributed by atoms with Crippen LogP contribution in [0.25, 0.3) is 0 Å². The van der Waals surface area contributed by atoms with Crippen LogP contribution in [0, 0.1) is 27.7 Å². The lowest BCUT2D eigenvalue weighted by atomic mass is 10.1. The molecule has 8 nitrogen and oxygen atoms in total. The average Bonchev–Trinajstić information content (AvgIpc) is 2.74. The zero-order valence-electron chi connectivity index (χ0n) is 19.4. The molecule has 1 fully saturated rings. The first-order chi connectivity index (χ1) is 15.4. The van der Waals surface area contributed by atoms with Crippen molar-refractivity contribution in [2.75, 3.05) is 50.0 Å². The molecule has 32 heavy (non-hydrogen) atoms. The molecule has 2 heterocycles. The van der Waals surface area contributed by atoms with Crippen LogP contribution in [0.15, 0.2) is 29.3 Å². The van der Waals surface area contributed by atoms with E-state index in [0.717, 1.165) is 61.9 Å². The summed E-state index contributed by atoms with van der Waals surface area (Å²) in [6, 6.07) is 8.03. The number of nitrogens with zero attached hydrogens (tertiary/aromatic N) is 4. The molecule has 0 spiro atoms.